The topological polar surface area (TPSA) is 59.0 Å². The molecule has 1 aromatic heterocycles. The summed E-state index contributed by atoms with van der Waals surface area (Å²) >= 11 is 0. The molecule has 1 aliphatic rings. The summed E-state index contributed by atoms with van der Waals surface area (Å²) in [5.41, 5.74) is 0.434. The van der Waals surface area contributed by atoms with E-state index in [1.54, 1.807) is 0 Å². The lowest BCUT2D eigenvalue weighted by molar-refractivity contribution is -0.142. The van der Waals surface area contributed by atoms with Crippen molar-refractivity contribution in [3.63, 3.8) is 0 Å². The molecule has 0 saturated heterocycles. The Morgan fingerprint density at radius 3 is 2.50 bits per heavy atom. The fourth-order valence-corrected chi connectivity index (χ4v) is 2.60. The van der Waals surface area contributed by atoms with Crippen molar-refractivity contribution in [2.75, 3.05) is 10.6 Å². The summed E-state index contributed by atoms with van der Waals surface area (Å²) in [5, 5.41) is 8.44. The van der Waals surface area contributed by atoms with Crippen LogP contribution in [0.5, 0.6) is 0 Å². The standard InChI is InChI=1S/C16H15F5N4O/c1-8-4-10(8)13-6-14(25(24-13)7-16(19,20)21)23-15(26)22-9-2-3-11(17)12(18)5-9/h2-3,5-6,8,10H,4,7H2,1H3,(H2,22,23,26). The predicted molar refractivity (Wildman–Crippen MR) is 83.8 cm³/mol. The van der Waals surface area contributed by atoms with E-state index in [0.717, 1.165) is 24.6 Å². The first-order valence-corrected chi connectivity index (χ1v) is 7.80. The monoisotopic (exact) mass is 374 g/mol. The van der Waals surface area contributed by atoms with Crippen LogP contribution in [0.3, 0.4) is 0 Å². The highest BCUT2D eigenvalue weighted by Gasteiger charge is 2.38. The molecule has 1 fully saturated rings. The van der Waals surface area contributed by atoms with Gasteiger partial charge in [-0.1, -0.05) is 6.92 Å². The molecule has 0 bridgehead atoms. The van der Waals surface area contributed by atoms with E-state index in [1.165, 1.54) is 6.07 Å². The van der Waals surface area contributed by atoms with Gasteiger partial charge in [-0.3, -0.25) is 5.32 Å². The summed E-state index contributed by atoms with van der Waals surface area (Å²) in [5.74, 6) is -1.97. The predicted octanol–water partition coefficient (Wildman–Crippen LogP) is 4.49. The highest BCUT2D eigenvalue weighted by Crippen LogP contribution is 2.46. The van der Waals surface area contributed by atoms with Crippen molar-refractivity contribution >= 4 is 17.5 Å². The summed E-state index contributed by atoms with van der Waals surface area (Å²) in [6, 6.07) is 3.22. The third-order valence-electron chi connectivity index (χ3n) is 4.04. The largest absolute Gasteiger partial charge is 0.408 e. The Morgan fingerprint density at radius 1 is 1.23 bits per heavy atom. The number of rotatable bonds is 4. The van der Waals surface area contributed by atoms with Crippen LogP contribution in [0, 0.1) is 17.6 Å². The quantitative estimate of drug-likeness (QED) is 0.775. The van der Waals surface area contributed by atoms with Gasteiger partial charge in [-0.05, 0) is 24.5 Å². The number of hydrogen-bond donors (Lipinski definition) is 2. The molecule has 2 N–H and O–H groups in total. The number of halogens is 5. The fourth-order valence-electron chi connectivity index (χ4n) is 2.60. The van der Waals surface area contributed by atoms with Gasteiger partial charge in [0.2, 0.25) is 0 Å². The maximum atomic E-state index is 13.2. The molecule has 10 heteroatoms. The highest BCUT2D eigenvalue weighted by molar-refractivity contribution is 5.99. The number of nitrogens with zero attached hydrogens (tertiary/aromatic N) is 2. The molecule has 0 aliphatic heterocycles. The third-order valence-corrected chi connectivity index (χ3v) is 4.04. The number of amides is 2. The lowest BCUT2D eigenvalue weighted by atomic mass is 10.2. The first kappa shape index (κ1) is 18.2. The third kappa shape index (κ3) is 4.30. The van der Waals surface area contributed by atoms with Crippen LogP contribution in [0.2, 0.25) is 0 Å². The summed E-state index contributed by atoms with van der Waals surface area (Å²) in [6.07, 6.45) is -3.69. The van der Waals surface area contributed by atoms with Gasteiger partial charge in [0.25, 0.3) is 0 Å². The minimum atomic E-state index is -4.51. The average Bonchev–Trinajstić information content (AvgIpc) is 3.12. The fraction of sp³-hybridized carbons (Fsp3) is 0.375. The molecular weight excluding hydrogens is 359 g/mol. The lowest BCUT2D eigenvalue weighted by Crippen LogP contribution is -2.25. The number of carbonyl (C=O) groups excluding carboxylic acids is 1. The second-order valence-corrected chi connectivity index (χ2v) is 6.25. The van der Waals surface area contributed by atoms with Crippen molar-refractivity contribution in [2.45, 2.75) is 32.0 Å². The van der Waals surface area contributed by atoms with Gasteiger partial charge in [-0.15, -0.1) is 0 Å². The van der Waals surface area contributed by atoms with E-state index < -0.39 is 30.4 Å². The van der Waals surface area contributed by atoms with Crippen molar-refractivity contribution in [1.82, 2.24) is 9.78 Å². The molecule has 0 spiro atoms. The van der Waals surface area contributed by atoms with Crippen LogP contribution >= 0.6 is 0 Å². The molecule has 2 aromatic rings. The van der Waals surface area contributed by atoms with Gasteiger partial charge in [0.1, 0.15) is 12.4 Å². The molecule has 5 nitrogen and oxygen atoms in total. The zero-order valence-corrected chi connectivity index (χ0v) is 13.6. The minimum absolute atomic E-state index is 0.0423. The van der Waals surface area contributed by atoms with Gasteiger partial charge in [0.05, 0.1) is 5.69 Å². The average molecular weight is 374 g/mol. The molecule has 26 heavy (non-hydrogen) atoms. The van der Waals surface area contributed by atoms with E-state index in [-0.39, 0.29) is 17.4 Å². The molecule has 1 aliphatic carbocycles. The van der Waals surface area contributed by atoms with E-state index in [0.29, 0.717) is 16.3 Å². The molecule has 2 atom stereocenters. The lowest BCUT2D eigenvalue weighted by Gasteiger charge is -2.12. The van der Waals surface area contributed by atoms with Crippen molar-refractivity contribution in [1.29, 1.82) is 0 Å². The Morgan fingerprint density at radius 2 is 1.92 bits per heavy atom. The number of anilines is 2. The Hall–Kier alpha value is -2.65. The molecule has 1 aromatic carbocycles. The summed E-state index contributed by atoms with van der Waals surface area (Å²) < 4.78 is 64.9. The first-order chi connectivity index (χ1) is 12.1. The van der Waals surface area contributed by atoms with Gasteiger partial charge in [-0.2, -0.15) is 18.3 Å². The number of nitrogens with one attached hydrogen (secondary N) is 2. The van der Waals surface area contributed by atoms with Crippen molar-refractivity contribution in [3.8, 4) is 0 Å². The summed E-state index contributed by atoms with van der Waals surface area (Å²) in [6.45, 7) is 0.602. The van der Waals surface area contributed by atoms with Gasteiger partial charge < -0.3 is 5.32 Å². The van der Waals surface area contributed by atoms with Crippen LogP contribution in [0.25, 0.3) is 0 Å². The smallest absolute Gasteiger partial charge is 0.308 e. The maximum Gasteiger partial charge on any atom is 0.408 e. The molecule has 2 unspecified atom stereocenters. The number of urea groups is 1. The zero-order valence-electron chi connectivity index (χ0n) is 13.6. The van der Waals surface area contributed by atoms with Gasteiger partial charge >= 0.3 is 12.2 Å². The first-order valence-electron chi connectivity index (χ1n) is 7.80. The van der Waals surface area contributed by atoms with Crippen LogP contribution in [0.4, 0.5) is 38.3 Å². The second kappa shape index (κ2) is 6.58. The Bertz CT molecular complexity index is 833. The highest BCUT2D eigenvalue weighted by atomic mass is 19.4. The van der Waals surface area contributed by atoms with Crippen LogP contribution < -0.4 is 10.6 Å². The number of alkyl halides is 3. The van der Waals surface area contributed by atoms with E-state index >= 15 is 0 Å². The molecule has 1 heterocycles. The van der Waals surface area contributed by atoms with Gasteiger partial charge in [-0.25, -0.2) is 18.3 Å². The molecular formula is C16H15F5N4O. The number of carbonyl (C=O) groups is 1. The number of aromatic nitrogens is 2. The van der Waals surface area contributed by atoms with Crippen LogP contribution in [0.15, 0.2) is 24.3 Å². The Balaban J connectivity index is 1.75. The normalized spacial score (nSPS) is 19.3. The van der Waals surface area contributed by atoms with E-state index in [9.17, 15) is 26.7 Å². The molecule has 2 amide bonds. The van der Waals surface area contributed by atoms with Crippen molar-refractivity contribution in [3.05, 3.63) is 41.6 Å². The maximum absolute atomic E-state index is 13.2. The van der Waals surface area contributed by atoms with E-state index in [4.69, 9.17) is 0 Å². The van der Waals surface area contributed by atoms with Crippen LogP contribution in [-0.2, 0) is 6.54 Å². The Kier molecular flexibility index (Phi) is 4.59. The molecule has 140 valence electrons. The van der Waals surface area contributed by atoms with E-state index in [1.807, 2.05) is 6.92 Å². The second-order valence-electron chi connectivity index (χ2n) is 6.25. The van der Waals surface area contributed by atoms with Gasteiger partial charge in [0.15, 0.2) is 11.6 Å². The van der Waals surface area contributed by atoms with Gasteiger partial charge in [0, 0.05) is 23.7 Å². The number of hydrogen-bond acceptors (Lipinski definition) is 2. The number of benzene rings is 1. The molecule has 3 rings (SSSR count). The Labute approximate surface area is 145 Å². The van der Waals surface area contributed by atoms with Crippen molar-refractivity contribution in [2.24, 2.45) is 5.92 Å². The SMILES string of the molecule is CC1CC1c1cc(NC(=O)Nc2ccc(F)c(F)c2)n(CC(F)(F)F)n1. The molecule has 0 radical (unpaired) electrons. The zero-order chi connectivity index (χ0) is 19.1. The minimum Gasteiger partial charge on any atom is -0.308 e. The molecule has 1 saturated carbocycles. The summed E-state index contributed by atoms with van der Waals surface area (Å²) in [4.78, 5) is 12.0. The van der Waals surface area contributed by atoms with Crippen LogP contribution in [-0.4, -0.2) is 22.0 Å². The van der Waals surface area contributed by atoms with Crippen LogP contribution in [0.1, 0.15) is 25.0 Å². The van der Waals surface area contributed by atoms with Crippen molar-refractivity contribution < 1.29 is 26.7 Å². The van der Waals surface area contributed by atoms with E-state index in [2.05, 4.69) is 15.7 Å². The summed E-state index contributed by atoms with van der Waals surface area (Å²) in [7, 11) is 0.